The molecule has 6 heteroatoms. The summed E-state index contributed by atoms with van der Waals surface area (Å²) in [4.78, 5) is 6.84. The molecule has 0 spiro atoms. The van der Waals surface area contributed by atoms with Crippen LogP contribution in [0.25, 0.3) is 0 Å². The van der Waals surface area contributed by atoms with Crippen molar-refractivity contribution in [2.45, 2.75) is 6.92 Å². The number of nitrogens with two attached hydrogens (primary N) is 1. The van der Waals surface area contributed by atoms with Crippen molar-refractivity contribution < 1.29 is 9.47 Å². The third-order valence-electron chi connectivity index (χ3n) is 3.62. The fourth-order valence-electron chi connectivity index (χ4n) is 2.46. The second-order valence-corrected chi connectivity index (χ2v) is 5.57. The monoisotopic (exact) mass is 306 g/mol. The number of methoxy groups -OCH3 is 1. The second-order valence-electron chi connectivity index (χ2n) is 5.57. The number of para-hydroxylation sites is 2. The third-order valence-corrected chi connectivity index (χ3v) is 3.62. The zero-order chi connectivity index (χ0) is 15.8. The van der Waals surface area contributed by atoms with Gasteiger partial charge in [0, 0.05) is 26.2 Å². The van der Waals surface area contributed by atoms with Crippen LogP contribution in [0, 0.1) is 5.92 Å². The minimum absolute atomic E-state index is 0.415. The number of nitrogens with one attached hydrogen (secondary N) is 1. The molecule has 1 aliphatic rings. The lowest BCUT2D eigenvalue weighted by Crippen LogP contribution is -2.39. The molecule has 22 heavy (non-hydrogen) atoms. The molecule has 1 aromatic carbocycles. The first-order valence-corrected chi connectivity index (χ1v) is 7.69. The summed E-state index contributed by atoms with van der Waals surface area (Å²) in [6.07, 6.45) is 0. The highest BCUT2D eigenvalue weighted by molar-refractivity contribution is 5.93. The largest absolute Gasteiger partial charge is 0.495 e. The zero-order valence-electron chi connectivity index (χ0n) is 13.4. The fourth-order valence-corrected chi connectivity index (χ4v) is 2.46. The summed E-state index contributed by atoms with van der Waals surface area (Å²) in [6.45, 7) is 7.57. The predicted molar refractivity (Wildman–Crippen MR) is 89.5 cm³/mol. The van der Waals surface area contributed by atoms with E-state index in [2.05, 4.69) is 22.1 Å². The smallest absolute Gasteiger partial charge is 0.193 e. The average Bonchev–Trinajstić information content (AvgIpc) is 2.54. The van der Waals surface area contributed by atoms with E-state index in [4.69, 9.17) is 15.2 Å². The van der Waals surface area contributed by atoms with Gasteiger partial charge < -0.3 is 20.5 Å². The minimum atomic E-state index is 0.415. The average molecular weight is 306 g/mol. The maximum Gasteiger partial charge on any atom is 0.193 e. The number of hydrogen-bond donors (Lipinski definition) is 2. The van der Waals surface area contributed by atoms with Crippen molar-refractivity contribution in [1.29, 1.82) is 0 Å². The number of rotatable bonds is 6. The molecule has 0 aromatic heterocycles. The number of ether oxygens (including phenoxy) is 2. The normalized spacial score (nSPS) is 18.0. The number of hydrogen-bond acceptors (Lipinski definition) is 4. The van der Waals surface area contributed by atoms with Crippen LogP contribution in [-0.4, -0.2) is 57.4 Å². The molecule has 0 radical (unpaired) electrons. The van der Waals surface area contributed by atoms with Crippen LogP contribution in [-0.2, 0) is 4.74 Å². The van der Waals surface area contributed by atoms with E-state index in [1.165, 1.54) is 0 Å². The minimum Gasteiger partial charge on any atom is -0.495 e. The summed E-state index contributed by atoms with van der Waals surface area (Å²) < 4.78 is 10.6. The quantitative estimate of drug-likeness (QED) is 0.614. The topological polar surface area (TPSA) is 72.1 Å². The number of guanidine groups is 1. The highest BCUT2D eigenvalue weighted by Gasteiger charge is 2.13. The first kappa shape index (κ1) is 16.6. The van der Waals surface area contributed by atoms with Gasteiger partial charge in [-0.2, -0.15) is 0 Å². The summed E-state index contributed by atoms with van der Waals surface area (Å²) in [5, 5.41) is 3.09. The molecular weight excluding hydrogens is 280 g/mol. The van der Waals surface area contributed by atoms with Crippen molar-refractivity contribution in [1.82, 2.24) is 4.90 Å². The van der Waals surface area contributed by atoms with Crippen LogP contribution in [0.3, 0.4) is 0 Å². The number of morpholine rings is 1. The Kier molecular flexibility index (Phi) is 6.48. The van der Waals surface area contributed by atoms with Gasteiger partial charge in [-0.1, -0.05) is 19.1 Å². The van der Waals surface area contributed by atoms with Crippen LogP contribution < -0.4 is 15.8 Å². The van der Waals surface area contributed by atoms with Crippen LogP contribution in [0.2, 0.25) is 0 Å². The van der Waals surface area contributed by atoms with E-state index in [0.29, 0.717) is 18.4 Å². The molecule has 0 saturated carbocycles. The van der Waals surface area contributed by atoms with E-state index >= 15 is 0 Å². The van der Waals surface area contributed by atoms with Crippen LogP contribution in [0.15, 0.2) is 29.3 Å². The van der Waals surface area contributed by atoms with Crippen molar-refractivity contribution in [3.8, 4) is 5.75 Å². The van der Waals surface area contributed by atoms with E-state index in [1.807, 2.05) is 24.3 Å². The van der Waals surface area contributed by atoms with E-state index in [1.54, 1.807) is 7.11 Å². The molecule has 1 atom stereocenters. The number of aliphatic imine (C=N–C) groups is 1. The van der Waals surface area contributed by atoms with Crippen LogP contribution in [0.5, 0.6) is 5.75 Å². The Labute approximate surface area is 132 Å². The van der Waals surface area contributed by atoms with Crippen molar-refractivity contribution in [2.75, 3.05) is 51.8 Å². The van der Waals surface area contributed by atoms with Crippen molar-refractivity contribution in [3.05, 3.63) is 24.3 Å². The molecule has 1 fully saturated rings. The third kappa shape index (κ3) is 5.20. The van der Waals surface area contributed by atoms with Gasteiger partial charge in [-0.15, -0.1) is 0 Å². The Morgan fingerprint density at radius 3 is 2.86 bits per heavy atom. The molecule has 2 rings (SSSR count). The SMILES string of the molecule is COc1ccccc1NC(N)=NCC(C)CN1CCOCC1. The molecule has 1 aliphatic heterocycles. The van der Waals surface area contributed by atoms with Gasteiger partial charge in [-0.25, -0.2) is 0 Å². The van der Waals surface area contributed by atoms with Crippen molar-refractivity contribution >= 4 is 11.6 Å². The molecule has 1 aromatic rings. The van der Waals surface area contributed by atoms with Crippen molar-refractivity contribution in [3.63, 3.8) is 0 Å². The second kappa shape index (κ2) is 8.60. The molecule has 1 unspecified atom stereocenters. The fraction of sp³-hybridized carbons (Fsp3) is 0.562. The maximum absolute atomic E-state index is 5.96. The summed E-state index contributed by atoms with van der Waals surface area (Å²) in [5.74, 6) is 1.62. The van der Waals surface area contributed by atoms with Gasteiger partial charge in [-0.05, 0) is 18.1 Å². The molecule has 1 heterocycles. The Bertz CT molecular complexity index is 487. The Balaban J connectivity index is 1.81. The highest BCUT2D eigenvalue weighted by Crippen LogP contribution is 2.22. The molecular formula is C16H26N4O2. The van der Waals surface area contributed by atoms with Crippen LogP contribution in [0.4, 0.5) is 5.69 Å². The van der Waals surface area contributed by atoms with E-state index in [9.17, 15) is 0 Å². The molecule has 122 valence electrons. The lowest BCUT2D eigenvalue weighted by molar-refractivity contribution is 0.0323. The number of anilines is 1. The van der Waals surface area contributed by atoms with Crippen molar-refractivity contribution in [2.24, 2.45) is 16.6 Å². The van der Waals surface area contributed by atoms with Gasteiger partial charge >= 0.3 is 0 Å². The first-order valence-electron chi connectivity index (χ1n) is 7.69. The van der Waals surface area contributed by atoms with E-state index < -0.39 is 0 Å². The van der Waals surface area contributed by atoms with Crippen LogP contribution in [0.1, 0.15) is 6.92 Å². The summed E-state index contributed by atoms with van der Waals surface area (Å²) in [5.41, 5.74) is 6.79. The van der Waals surface area contributed by atoms with Crippen LogP contribution >= 0.6 is 0 Å². The maximum atomic E-state index is 5.96. The van der Waals surface area contributed by atoms with Gasteiger partial charge in [-0.3, -0.25) is 9.89 Å². The summed E-state index contributed by atoms with van der Waals surface area (Å²) in [6, 6.07) is 7.65. The first-order chi connectivity index (χ1) is 10.7. The van der Waals surface area contributed by atoms with Gasteiger partial charge in [0.25, 0.3) is 0 Å². The Morgan fingerprint density at radius 1 is 1.41 bits per heavy atom. The van der Waals surface area contributed by atoms with Gasteiger partial charge in [0.1, 0.15) is 5.75 Å². The predicted octanol–water partition coefficient (Wildman–Crippen LogP) is 1.39. The molecule has 3 N–H and O–H groups in total. The standard InChI is InChI=1S/C16H26N4O2/c1-13(12-20-7-9-22-10-8-20)11-18-16(17)19-14-5-3-4-6-15(14)21-2/h3-6,13H,7-12H2,1-2H3,(H3,17,18,19). The molecule has 0 aliphatic carbocycles. The molecule has 1 saturated heterocycles. The van der Waals surface area contributed by atoms with Gasteiger partial charge in [0.05, 0.1) is 26.0 Å². The molecule has 6 nitrogen and oxygen atoms in total. The van der Waals surface area contributed by atoms with E-state index in [0.717, 1.165) is 44.3 Å². The summed E-state index contributed by atoms with van der Waals surface area (Å²) >= 11 is 0. The lowest BCUT2D eigenvalue weighted by Gasteiger charge is -2.28. The molecule has 0 amide bonds. The number of nitrogens with zero attached hydrogens (tertiary/aromatic N) is 2. The Morgan fingerprint density at radius 2 is 2.14 bits per heavy atom. The highest BCUT2D eigenvalue weighted by atomic mass is 16.5. The van der Waals surface area contributed by atoms with Gasteiger partial charge in [0.15, 0.2) is 5.96 Å². The summed E-state index contributed by atoms with van der Waals surface area (Å²) in [7, 11) is 1.64. The lowest BCUT2D eigenvalue weighted by atomic mass is 10.1. The number of benzene rings is 1. The van der Waals surface area contributed by atoms with E-state index in [-0.39, 0.29) is 0 Å². The Hall–Kier alpha value is -1.79. The van der Waals surface area contributed by atoms with Gasteiger partial charge in [0.2, 0.25) is 0 Å². The zero-order valence-corrected chi connectivity index (χ0v) is 13.4. The molecule has 0 bridgehead atoms.